The fraction of sp³-hybridized carbons (Fsp3) is 0.846. The topological polar surface area (TPSA) is 84.9 Å². The van der Waals surface area contributed by atoms with E-state index >= 15 is 0 Å². The molecule has 0 aromatic rings. The number of alkyl carbamates (subject to hydrolysis) is 1. The number of carbonyl (C=O) groups excluding carboxylic acids is 2. The molecule has 0 aliphatic heterocycles. The van der Waals surface area contributed by atoms with Crippen molar-refractivity contribution in [2.45, 2.75) is 34.6 Å². The highest BCUT2D eigenvalue weighted by atomic mass is 16.6. The predicted octanol–water partition coefficient (Wildman–Crippen LogP) is 1.32. The van der Waals surface area contributed by atoms with E-state index < -0.39 is 16.9 Å². The van der Waals surface area contributed by atoms with Crippen LogP contribution >= 0.6 is 0 Å². The van der Waals surface area contributed by atoms with Gasteiger partial charge in [-0.3, -0.25) is 4.79 Å². The zero-order chi connectivity index (χ0) is 15.1. The van der Waals surface area contributed by atoms with Crippen molar-refractivity contribution in [2.75, 3.05) is 26.4 Å². The number of aliphatic hydroxyl groups excluding tert-OH is 1. The molecular weight excluding hydrogens is 250 g/mol. The molecule has 0 heterocycles. The van der Waals surface area contributed by atoms with Gasteiger partial charge in [0, 0.05) is 12.0 Å². The van der Waals surface area contributed by atoms with Gasteiger partial charge in [-0.05, 0) is 20.8 Å². The fourth-order valence-corrected chi connectivity index (χ4v) is 0.989. The van der Waals surface area contributed by atoms with Gasteiger partial charge in [0.05, 0.1) is 18.6 Å². The van der Waals surface area contributed by atoms with Crippen molar-refractivity contribution < 1.29 is 24.2 Å². The third-order valence-electron chi connectivity index (χ3n) is 2.18. The van der Waals surface area contributed by atoms with Crippen molar-refractivity contribution in [2.24, 2.45) is 10.8 Å². The van der Waals surface area contributed by atoms with Gasteiger partial charge >= 0.3 is 12.1 Å². The van der Waals surface area contributed by atoms with Gasteiger partial charge in [-0.2, -0.15) is 0 Å². The third kappa shape index (κ3) is 8.42. The summed E-state index contributed by atoms with van der Waals surface area (Å²) in [5, 5.41) is 10.9. The molecule has 0 aromatic heterocycles. The molecule has 6 heteroatoms. The van der Waals surface area contributed by atoms with Crippen LogP contribution in [0.5, 0.6) is 0 Å². The molecule has 0 rings (SSSR count). The SMILES string of the molecule is CC(C)(COC(=O)NCCO)COC(=O)C(C)(C)C. The maximum Gasteiger partial charge on any atom is 0.407 e. The van der Waals surface area contributed by atoms with Gasteiger partial charge < -0.3 is 19.9 Å². The van der Waals surface area contributed by atoms with E-state index in [0.717, 1.165) is 0 Å². The number of carbonyl (C=O) groups is 2. The molecule has 0 unspecified atom stereocenters. The minimum absolute atomic E-state index is 0.127. The number of rotatable bonds is 6. The normalized spacial score (nSPS) is 11.9. The Bertz CT molecular complexity index is 307. The lowest BCUT2D eigenvalue weighted by Crippen LogP contribution is -2.34. The average Bonchev–Trinajstić information content (AvgIpc) is 2.29. The Morgan fingerprint density at radius 3 is 2.05 bits per heavy atom. The second kappa shape index (κ2) is 7.33. The molecule has 0 aromatic carbocycles. The van der Waals surface area contributed by atoms with E-state index in [-0.39, 0.29) is 32.3 Å². The van der Waals surface area contributed by atoms with Gasteiger partial charge in [-0.1, -0.05) is 13.8 Å². The minimum atomic E-state index is -0.593. The highest BCUT2D eigenvalue weighted by molar-refractivity contribution is 5.75. The van der Waals surface area contributed by atoms with Crippen LogP contribution in [-0.2, 0) is 14.3 Å². The molecule has 112 valence electrons. The Balaban J connectivity index is 4.05. The van der Waals surface area contributed by atoms with Crippen LogP contribution in [0.1, 0.15) is 34.6 Å². The van der Waals surface area contributed by atoms with Crippen molar-refractivity contribution in [1.82, 2.24) is 5.32 Å². The van der Waals surface area contributed by atoms with Crippen LogP contribution in [0.25, 0.3) is 0 Å². The van der Waals surface area contributed by atoms with E-state index in [0.29, 0.717) is 0 Å². The zero-order valence-electron chi connectivity index (χ0n) is 12.4. The first-order valence-corrected chi connectivity index (χ1v) is 6.27. The molecule has 6 nitrogen and oxygen atoms in total. The summed E-state index contributed by atoms with van der Waals surface area (Å²) in [6.45, 7) is 9.33. The maximum atomic E-state index is 11.6. The second-order valence-corrected chi connectivity index (χ2v) is 6.22. The molecule has 0 saturated heterocycles. The molecule has 0 radical (unpaired) electrons. The van der Waals surface area contributed by atoms with E-state index in [9.17, 15) is 9.59 Å². The number of hydrogen-bond donors (Lipinski definition) is 2. The average molecular weight is 275 g/mol. The van der Waals surface area contributed by atoms with Crippen LogP contribution in [0.4, 0.5) is 4.79 Å². The summed E-state index contributed by atoms with van der Waals surface area (Å²) in [5.74, 6) is -0.287. The smallest absolute Gasteiger partial charge is 0.407 e. The van der Waals surface area contributed by atoms with Crippen LogP contribution in [0.15, 0.2) is 0 Å². The summed E-state index contributed by atoms with van der Waals surface area (Å²) in [6.07, 6.45) is -0.593. The molecule has 0 fully saturated rings. The van der Waals surface area contributed by atoms with Gasteiger partial charge in [0.25, 0.3) is 0 Å². The highest BCUT2D eigenvalue weighted by Gasteiger charge is 2.27. The monoisotopic (exact) mass is 275 g/mol. The van der Waals surface area contributed by atoms with E-state index in [2.05, 4.69) is 5.32 Å². The number of esters is 1. The lowest BCUT2D eigenvalue weighted by atomic mass is 9.95. The molecule has 0 aliphatic rings. The molecule has 2 N–H and O–H groups in total. The summed E-state index contributed by atoms with van der Waals surface area (Å²) >= 11 is 0. The highest BCUT2D eigenvalue weighted by Crippen LogP contribution is 2.20. The number of nitrogens with one attached hydrogen (secondary N) is 1. The van der Waals surface area contributed by atoms with Gasteiger partial charge in [0.15, 0.2) is 0 Å². The van der Waals surface area contributed by atoms with Crippen LogP contribution in [0.3, 0.4) is 0 Å². The number of aliphatic hydroxyl groups is 1. The van der Waals surface area contributed by atoms with E-state index in [4.69, 9.17) is 14.6 Å². The summed E-state index contributed by atoms with van der Waals surface area (Å²) in [5.41, 5.74) is -1.01. The number of ether oxygens (including phenoxy) is 2. The molecule has 0 atom stereocenters. The molecule has 0 bridgehead atoms. The molecule has 0 saturated carbocycles. The molecule has 0 aliphatic carbocycles. The first-order valence-electron chi connectivity index (χ1n) is 6.27. The van der Waals surface area contributed by atoms with Gasteiger partial charge in [-0.15, -0.1) is 0 Å². The first kappa shape index (κ1) is 17.7. The lowest BCUT2D eigenvalue weighted by molar-refractivity contribution is -0.156. The predicted molar refractivity (Wildman–Crippen MR) is 70.6 cm³/mol. The third-order valence-corrected chi connectivity index (χ3v) is 2.18. The van der Waals surface area contributed by atoms with Crippen molar-refractivity contribution in [3.63, 3.8) is 0 Å². The van der Waals surface area contributed by atoms with Crippen LogP contribution < -0.4 is 5.32 Å². The minimum Gasteiger partial charge on any atom is -0.465 e. The first-order chi connectivity index (χ1) is 8.58. The second-order valence-electron chi connectivity index (χ2n) is 6.22. The van der Waals surface area contributed by atoms with E-state index in [1.54, 1.807) is 20.8 Å². The molecule has 1 amide bonds. The van der Waals surface area contributed by atoms with Crippen LogP contribution in [0.2, 0.25) is 0 Å². The lowest BCUT2D eigenvalue weighted by Gasteiger charge is -2.26. The van der Waals surface area contributed by atoms with E-state index in [1.807, 2.05) is 13.8 Å². The fourth-order valence-electron chi connectivity index (χ4n) is 0.989. The molecule has 19 heavy (non-hydrogen) atoms. The van der Waals surface area contributed by atoms with Gasteiger partial charge in [-0.25, -0.2) is 4.79 Å². The standard InChI is InChI=1S/C13H25NO5/c1-12(2,3)10(16)18-8-13(4,5)9-19-11(17)14-6-7-15/h15H,6-9H2,1-5H3,(H,14,17). The van der Waals surface area contributed by atoms with Gasteiger partial charge in [0.2, 0.25) is 0 Å². The summed E-state index contributed by atoms with van der Waals surface area (Å²) < 4.78 is 10.2. The van der Waals surface area contributed by atoms with Gasteiger partial charge in [0.1, 0.15) is 6.61 Å². The summed E-state index contributed by atoms with van der Waals surface area (Å²) in [4.78, 5) is 22.8. The van der Waals surface area contributed by atoms with Crippen molar-refractivity contribution >= 4 is 12.1 Å². The largest absolute Gasteiger partial charge is 0.465 e. The number of hydrogen-bond acceptors (Lipinski definition) is 5. The van der Waals surface area contributed by atoms with E-state index in [1.165, 1.54) is 0 Å². The zero-order valence-corrected chi connectivity index (χ0v) is 12.4. The van der Waals surface area contributed by atoms with Crippen LogP contribution in [0, 0.1) is 10.8 Å². The Morgan fingerprint density at radius 2 is 1.58 bits per heavy atom. The number of amides is 1. The van der Waals surface area contributed by atoms with Crippen LogP contribution in [-0.4, -0.2) is 43.5 Å². The Hall–Kier alpha value is -1.30. The Labute approximate surface area is 114 Å². The molecule has 0 spiro atoms. The van der Waals surface area contributed by atoms with Crippen molar-refractivity contribution in [3.05, 3.63) is 0 Å². The summed E-state index contributed by atoms with van der Waals surface area (Å²) in [7, 11) is 0. The Morgan fingerprint density at radius 1 is 1.05 bits per heavy atom. The quantitative estimate of drug-likeness (QED) is 0.714. The maximum absolute atomic E-state index is 11.6. The van der Waals surface area contributed by atoms with Crippen molar-refractivity contribution in [3.8, 4) is 0 Å². The van der Waals surface area contributed by atoms with Crippen molar-refractivity contribution in [1.29, 1.82) is 0 Å². The molecular formula is C13H25NO5. The Kier molecular flexibility index (Phi) is 6.83. The summed E-state index contributed by atoms with van der Waals surface area (Å²) in [6, 6.07) is 0.